The molecule has 22 heavy (non-hydrogen) atoms. The van der Waals surface area contributed by atoms with Crippen molar-refractivity contribution in [2.24, 2.45) is 0 Å². The van der Waals surface area contributed by atoms with Crippen LogP contribution in [0.1, 0.15) is 31.5 Å². The third kappa shape index (κ3) is 3.95. The van der Waals surface area contributed by atoms with Gasteiger partial charge in [-0.2, -0.15) is 0 Å². The van der Waals surface area contributed by atoms with Gasteiger partial charge in [0.1, 0.15) is 21.5 Å². The van der Waals surface area contributed by atoms with Crippen molar-refractivity contribution in [2.45, 2.75) is 44.7 Å². The average Bonchev–Trinajstić information content (AvgIpc) is 2.48. The highest BCUT2D eigenvalue weighted by atomic mass is 32.2. The minimum atomic E-state index is -2.76. The van der Waals surface area contributed by atoms with Crippen molar-refractivity contribution in [3.63, 3.8) is 0 Å². The summed E-state index contributed by atoms with van der Waals surface area (Å²) in [6.07, 6.45) is 5.53. The minimum Gasteiger partial charge on any atom is -0.367 e. The van der Waals surface area contributed by atoms with Gasteiger partial charge >= 0.3 is 0 Å². The largest absolute Gasteiger partial charge is 0.367 e. The van der Waals surface area contributed by atoms with Crippen LogP contribution in [0.3, 0.4) is 0 Å². The normalized spacial score (nSPS) is 24.2. The molecule has 0 radical (unpaired) electrons. The van der Waals surface area contributed by atoms with Crippen LogP contribution in [0.5, 0.6) is 0 Å². The Balaban J connectivity index is 1.48. The summed E-state index contributed by atoms with van der Waals surface area (Å²) in [7, 11) is -2.76. The molecule has 3 heterocycles. The number of hydrogen-bond acceptors (Lipinski definition) is 6. The molecule has 3 rings (SSSR count). The number of nitrogens with one attached hydrogen (secondary N) is 1. The van der Waals surface area contributed by atoms with Crippen molar-refractivity contribution in [3.05, 3.63) is 18.1 Å². The highest BCUT2D eigenvalue weighted by Crippen LogP contribution is 2.23. The van der Waals surface area contributed by atoms with E-state index in [1.165, 1.54) is 0 Å². The Labute approximate surface area is 132 Å². The van der Waals surface area contributed by atoms with Crippen LogP contribution in [0.4, 0.5) is 5.82 Å². The third-order valence-electron chi connectivity index (χ3n) is 4.70. The van der Waals surface area contributed by atoms with Gasteiger partial charge in [-0.3, -0.25) is 0 Å². The number of sulfone groups is 1. The Morgan fingerprint density at radius 1 is 1.18 bits per heavy atom. The molecule has 0 aliphatic carbocycles. The molecular formula is C15H24N4O2S. The molecule has 2 aliphatic rings. The average molecular weight is 324 g/mol. The number of hydrogen-bond donors (Lipinski definition) is 1. The van der Waals surface area contributed by atoms with Gasteiger partial charge in [-0.05, 0) is 38.7 Å². The van der Waals surface area contributed by atoms with Gasteiger partial charge in [-0.1, -0.05) is 0 Å². The summed E-state index contributed by atoms with van der Waals surface area (Å²) in [6.45, 7) is 3.96. The van der Waals surface area contributed by atoms with E-state index < -0.39 is 9.84 Å². The van der Waals surface area contributed by atoms with Gasteiger partial charge in [0.25, 0.3) is 0 Å². The fourth-order valence-corrected chi connectivity index (χ4v) is 4.86. The zero-order valence-electron chi connectivity index (χ0n) is 13.0. The Bertz CT molecular complexity index is 598. The van der Waals surface area contributed by atoms with E-state index >= 15 is 0 Å². The number of aryl methyl sites for hydroxylation is 1. The van der Waals surface area contributed by atoms with Gasteiger partial charge in [0.15, 0.2) is 0 Å². The van der Waals surface area contributed by atoms with Crippen LogP contribution >= 0.6 is 0 Å². The quantitative estimate of drug-likeness (QED) is 0.901. The van der Waals surface area contributed by atoms with E-state index in [0.29, 0.717) is 23.6 Å². The first-order chi connectivity index (χ1) is 10.5. The monoisotopic (exact) mass is 324 g/mol. The molecule has 0 aromatic carbocycles. The lowest BCUT2D eigenvalue weighted by Crippen LogP contribution is -2.47. The molecule has 2 saturated heterocycles. The number of aromatic nitrogens is 2. The van der Waals surface area contributed by atoms with E-state index in [1.54, 1.807) is 6.20 Å². The zero-order valence-corrected chi connectivity index (χ0v) is 13.8. The van der Waals surface area contributed by atoms with Crippen molar-refractivity contribution in [3.8, 4) is 0 Å². The molecule has 6 nitrogen and oxygen atoms in total. The topological polar surface area (TPSA) is 75.2 Å². The number of nitrogens with zero attached hydrogens (tertiary/aromatic N) is 3. The van der Waals surface area contributed by atoms with Crippen LogP contribution in [0.2, 0.25) is 0 Å². The summed E-state index contributed by atoms with van der Waals surface area (Å²) in [6, 6.07) is 2.80. The maximum absolute atomic E-state index is 11.5. The Morgan fingerprint density at radius 3 is 2.50 bits per heavy atom. The number of rotatable bonds is 3. The number of likely N-dealkylation sites (tertiary alicyclic amines) is 1. The molecule has 0 amide bonds. The van der Waals surface area contributed by atoms with Crippen molar-refractivity contribution >= 4 is 15.7 Å². The minimum absolute atomic E-state index is 0.357. The van der Waals surface area contributed by atoms with E-state index in [0.717, 1.165) is 50.4 Å². The molecular weight excluding hydrogens is 300 g/mol. The van der Waals surface area contributed by atoms with Gasteiger partial charge < -0.3 is 10.2 Å². The van der Waals surface area contributed by atoms with E-state index in [2.05, 4.69) is 20.2 Å². The molecule has 0 atom stereocenters. The fraction of sp³-hybridized carbons (Fsp3) is 0.733. The summed E-state index contributed by atoms with van der Waals surface area (Å²) in [5.41, 5.74) is 0. The first-order valence-electron chi connectivity index (χ1n) is 8.02. The molecule has 1 aromatic rings. The third-order valence-corrected chi connectivity index (χ3v) is 6.41. The molecule has 2 aliphatic heterocycles. The molecule has 0 saturated carbocycles. The number of piperidine rings is 1. The van der Waals surface area contributed by atoms with E-state index in [-0.39, 0.29) is 0 Å². The molecule has 1 N–H and O–H groups in total. The summed E-state index contributed by atoms with van der Waals surface area (Å²) < 4.78 is 23.0. The van der Waals surface area contributed by atoms with Gasteiger partial charge in [0, 0.05) is 31.4 Å². The van der Waals surface area contributed by atoms with E-state index in [1.807, 2.05) is 13.0 Å². The molecule has 1 aromatic heterocycles. The standard InChI is InChI=1S/C15H24N4O2S/c1-12-16-7-2-15(17-12)18-13-3-8-19(9-4-13)14-5-10-22(20,21)11-6-14/h2,7,13-14H,3-6,8-11H2,1H3,(H,16,17,18). The van der Waals surface area contributed by atoms with Gasteiger partial charge in [-0.15, -0.1) is 0 Å². The molecule has 0 bridgehead atoms. The first-order valence-corrected chi connectivity index (χ1v) is 9.85. The Hall–Kier alpha value is -1.21. The lowest BCUT2D eigenvalue weighted by Gasteiger charge is -2.39. The summed E-state index contributed by atoms with van der Waals surface area (Å²) in [5.74, 6) is 2.40. The van der Waals surface area contributed by atoms with Crippen LogP contribution in [0.15, 0.2) is 12.3 Å². The summed E-state index contributed by atoms with van der Waals surface area (Å²) in [4.78, 5) is 11.0. The highest BCUT2D eigenvalue weighted by molar-refractivity contribution is 7.91. The predicted molar refractivity (Wildman–Crippen MR) is 86.7 cm³/mol. The second kappa shape index (κ2) is 6.50. The van der Waals surface area contributed by atoms with E-state index in [9.17, 15) is 8.42 Å². The summed E-state index contributed by atoms with van der Waals surface area (Å²) >= 11 is 0. The highest BCUT2D eigenvalue weighted by Gasteiger charge is 2.30. The lowest BCUT2D eigenvalue weighted by molar-refractivity contribution is 0.147. The van der Waals surface area contributed by atoms with Crippen molar-refractivity contribution in [2.75, 3.05) is 29.9 Å². The van der Waals surface area contributed by atoms with Crippen molar-refractivity contribution in [1.29, 1.82) is 0 Å². The second-order valence-electron chi connectivity index (χ2n) is 6.33. The summed E-state index contributed by atoms with van der Waals surface area (Å²) in [5, 5.41) is 3.48. The molecule has 2 fully saturated rings. The van der Waals surface area contributed by atoms with Crippen LogP contribution in [0, 0.1) is 6.92 Å². The second-order valence-corrected chi connectivity index (χ2v) is 8.63. The molecule has 0 spiro atoms. The smallest absolute Gasteiger partial charge is 0.150 e. The van der Waals surface area contributed by atoms with E-state index in [4.69, 9.17) is 0 Å². The van der Waals surface area contributed by atoms with Crippen LogP contribution in [-0.4, -0.2) is 60.0 Å². The van der Waals surface area contributed by atoms with Gasteiger partial charge in [0.2, 0.25) is 0 Å². The van der Waals surface area contributed by atoms with Crippen LogP contribution in [-0.2, 0) is 9.84 Å². The predicted octanol–water partition coefficient (Wildman–Crippen LogP) is 1.24. The molecule has 122 valence electrons. The lowest BCUT2D eigenvalue weighted by atomic mass is 10.0. The molecule has 0 unspecified atom stereocenters. The van der Waals surface area contributed by atoms with Crippen LogP contribution < -0.4 is 5.32 Å². The van der Waals surface area contributed by atoms with Crippen molar-refractivity contribution in [1.82, 2.24) is 14.9 Å². The first kappa shape index (κ1) is 15.7. The Morgan fingerprint density at radius 2 is 1.86 bits per heavy atom. The van der Waals surface area contributed by atoms with Crippen LogP contribution in [0.25, 0.3) is 0 Å². The number of anilines is 1. The Kier molecular flexibility index (Phi) is 4.63. The maximum atomic E-state index is 11.5. The SMILES string of the molecule is Cc1nccc(NC2CCN(C3CCS(=O)(=O)CC3)CC2)n1. The van der Waals surface area contributed by atoms with Gasteiger partial charge in [-0.25, -0.2) is 18.4 Å². The maximum Gasteiger partial charge on any atom is 0.150 e. The zero-order chi connectivity index (χ0) is 15.6. The fourth-order valence-electron chi connectivity index (χ4n) is 3.40. The molecule has 7 heteroatoms. The van der Waals surface area contributed by atoms with Crippen molar-refractivity contribution < 1.29 is 8.42 Å². The van der Waals surface area contributed by atoms with Gasteiger partial charge in [0.05, 0.1) is 11.5 Å².